The Hall–Kier alpha value is -6.64. The van der Waals surface area contributed by atoms with Crippen LogP contribution in [0.4, 0.5) is 0 Å². The summed E-state index contributed by atoms with van der Waals surface area (Å²) in [4.78, 5) is 0. The van der Waals surface area contributed by atoms with Crippen LogP contribution in [0.2, 0.25) is 0 Å². The maximum Gasteiger partial charge on any atom is 0.136 e. The zero-order chi connectivity index (χ0) is 35.0. The highest BCUT2D eigenvalue weighted by atomic mass is 16.3. The van der Waals surface area contributed by atoms with Crippen molar-refractivity contribution >= 4 is 76.1 Å². The van der Waals surface area contributed by atoms with Gasteiger partial charge in [0.1, 0.15) is 11.2 Å². The summed E-state index contributed by atoms with van der Waals surface area (Å²) in [5, 5.41) is 12.8. The third kappa shape index (κ3) is 3.77. The number of aromatic nitrogens is 1. The number of furan rings is 1. The molecule has 0 fully saturated rings. The number of nitrogens with zero attached hydrogens (tertiary/aromatic N) is 1. The van der Waals surface area contributed by atoms with E-state index in [0.717, 1.165) is 16.9 Å². The van der Waals surface area contributed by atoms with E-state index in [1.165, 1.54) is 98.3 Å². The van der Waals surface area contributed by atoms with Gasteiger partial charge in [-0.2, -0.15) is 0 Å². The summed E-state index contributed by atoms with van der Waals surface area (Å²) < 4.78 is 8.83. The fraction of sp³-hybridized carbons (Fsp3) is 0.0588. The summed E-state index contributed by atoms with van der Waals surface area (Å²) in [5.41, 5.74) is 13.1. The largest absolute Gasteiger partial charge is 0.456 e. The van der Waals surface area contributed by atoms with E-state index in [1.807, 2.05) is 0 Å². The van der Waals surface area contributed by atoms with Crippen LogP contribution >= 0.6 is 0 Å². The molecule has 12 rings (SSSR count). The molecule has 2 heteroatoms. The number of fused-ring (bicyclic) bond motifs is 17. The predicted octanol–water partition coefficient (Wildman–Crippen LogP) is 14.1. The fourth-order valence-corrected chi connectivity index (χ4v) is 9.84. The molecule has 1 aliphatic rings. The molecule has 0 unspecified atom stereocenters. The molecule has 248 valence electrons. The van der Waals surface area contributed by atoms with Crippen molar-refractivity contribution in [3.05, 3.63) is 175 Å². The second-order valence-electron chi connectivity index (χ2n) is 15.2. The van der Waals surface area contributed by atoms with Crippen LogP contribution in [0.15, 0.2) is 168 Å². The van der Waals surface area contributed by atoms with Crippen LogP contribution in [0, 0.1) is 0 Å². The average molecular weight is 676 g/mol. The fourth-order valence-electron chi connectivity index (χ4n) is 9.84. The smallest absolute Gasteiger partial charge is 0.136 e. The van der Waals surface area contributed by atoms with Crippen molar-refractivity contribution in [3.63, 3.8) is 0 Å². The van der Waals surface area contributed by atoms with Gasteiger partial charge in [-0.25, -0.2) is 0 Å². The lowest BCUT2D eigenvalue weighted by atomic mass is 9.80. The van der Waals surface area contributed by atoms with Gasteiger partial charge in [0.2, 0.25) is 0 Å². The van der Waals surface area contributed by atoms with Crippen LogP contribution < -0.4 is 0 Å². The van der Waals surface area contributed by atoms with Crippen molar-refractivity contribution in [1.29, 1.82) is 0 Å². The molecule has 1 aliphatic carbocycles. The first-order valence-corrected chi connectivity index (χ1v) is 18.5. The van der Waals surface area contributed by atoms with E-state index in [4.69, 9.17) is 4.42 Å². The van der Waals surface area contributed by atoms with E-state index in [9.17, 15) is 0 Å². The summed E-state index contributed by atoms with van der Waals surface area (Å²) in [6.07, 6.45) is 0. The first-order chi connectivity index (χ1) is 26.1. The number of hydrogen-bond donors (Lipinski definition) is 0. The van der Waals surface area contributed by atoms with E-state index >= 15 is 0 Å². The lowest BCUT2D eigenvalue weighted by Gasteiger charge is -2.22. The Kier molecular flexibility index (Phi) is 5.60. The summed E-state index contributed by atoms with van der Waals surface area (Å²) >= 11 is 0. The Morgan fingerprint density at radius 3 is 1.77 bits per heavy atom. The van der Waals surface area contributed by atoms with E-state index in [0.29, 0.717) is 0 Å². The van der Waals surface area contributed by atoms with Crippen LogP contribution in [-0.2, 0) is 5.41 Å². The molecule has 11 aromatic rings. The van der Waals surface area contributed by atoms with Gasteiger partial charge in [0.05, 0.1) is 11.0 Å². The number of para-hydroxylation sites is 2. The van der Waals surface area contributed by atoms with Crippen molar-refractivity contribution < 1.29 is 4.42 Å². The Morgan fingerprint density at radius 1 is 0.434 bits per heavy atom. The Labute approximate surface area is 306 Å². The molecule has 0 saturated carbocycles. The van der Waals surface area contributed by atoms with Gasteiger partial charge < -0.3 is 8.98 Å². The van der Waals surface area contributed by atoms with Crippen molar-refractivity contribution in [3.8, 4) is 27.9 Å². The lowest BCUT2D eigenvalue weighted by molar-refractivity contribution is 0.660. The quantitative estimate of drug-likeness (QED) is 0.167. The zero-order valence-corrected chi connectivity index (χ0v) is 29.4. The highest BCUT2D eigenvalue weighted by molar-refractivity contribution is 6.26. The SMILES string of the molecule is CC1(C)c2ccc3oc4ccccc4c3c2-c2ccc3c(c21)c1ccccc1n3-c1ccc(-c2ccc3c4ccccc4c4ccccc4c3c2)cc1. The van der Waals surface area contributed by atoms with Gasteiger partial charge in [-0.15, -0.1) is 0 Å². The van der Waals surface area contributed by atoms with Crippen LogP contribution in [-0.4, -0.2) is 4.57 Å². The van der Waals surface area contributed by atoms with Crippen molar-refractivity contribution in [2.24, 2.45) is 0 Å². The molecule has 0 bridgehead atoms. The van der Waals surface area contributed by atoms with Gasteiger partial charge >= 0.3 is 0 Å². The van der Waals surface area contributed by atoms with E-state index in [2.05, 4.69) is 182 Å². The highest BCUT2D eigenvalue weighted by Gasteiger charge is 2.40. The Bertz CT molecular complexity index is 3320. The van der Waals surface area contributed by atoms with Gasteiger partial charge in [-0.05, 0) is 108 Å². The summed E-state index contributed by atoms with van der Waals surface area (Å²) in [5.74, 6) is 0. The monoisotopic (exact) mass is 675 g/mol. The molecule has 0 spiro atoms. The topological polar surface area (TPSA) is 18.1 Å². The van der Waals surface area contributed by atoms with Crippen LogP contribution in [0.3, 0.4) is 0 Å². The Balaban J connectivity index is 1.05. The van der Waals surface area contributed by atoms with Gasteiger partial charge in [0, 0.05) is 32.6 Å². The molecule has 0 saturated heterocycles. The van der Waals surface area contributed by atoms with Crippen molar-refractivity contribution in [1.82, 2.24) is 4.57 Å². The molecule has 0 aliphatic heterocycles. The van der Waals surface area contributed by atoms with E-state index in [1.54, 1.807) is 0 Å². The highest BCUT2D eigenvalue weighted by Crippen LogP contribution is 2.56. The molecular formula is C51H33NO. The number of rotatable bonds is 2. The van der Waals surface area contributed by atoms with Crippen molar-refractivity contribution in [2.45, 2.75) is 19.3 Å². The maximum atomic E-state index is 6.37. The van der Waals surface area contributed by atoms with Gasteiger partial charge in [0.15, 0.2) is 0 Å². The molecular weight excluding hydrogens is 643 g/mol. The minimum Gasteiger partial charge on any atom is -0.456 e. The van der Waals surface area contributed by atoms with Gasteiger partial charge in [0.25, 0.3) is 0 Å². The standard InChI is InChI=1S/C51H33NO/c1-51(2)42-26-28-46-49(39-16-8-10-18-45(39)53-46)47(42)40-25-27-44-48(50(40)51)38-15-7-9-17-43(38)52(44)32-22-19-30(20-23-32)31-21-24-37-35-13-4-3-11-33(35)34-12-5-6-14-36(34)41(37)29-31/h3-29H,1-2H3. The van der Waals surface area contributed by atoms with Crippen LogP contribution in [0.25, 0.3) is 104 Å². The second kappa shape index (κ2) is 10.2. The first-order valence-electron chi connectivity index (χ1n) is 18.5. The molecule has 0 radical (unpaired) electrons. The average Bonchev–Trinajstić information content (AvgIpc) is 3.83. The van der Waals surface area contributed by atoms with Crippen molar-refractivity contribution in [2.75, 3.05) is 0 Å². The zero-order valence-electron chi connectivity index (χ0n) is 29.4. The third-order valence-electron chi connectivity index (χ3n) is 12.2. The molecule has 0 amide bonds. The summed E-state index contributed by atoms with van der Waals surface area (Å²) in [7, 11) is 0. The minimum atomic E-state index is -0.193. The summed E-state index contributed by atoms with van der Waals surface area (Å²) in [6, 6.07) is 60.2. The molecule has 2 aromatic heterocycles. The number of hydrogen-bond acceptors (Lipinski definition) is 1. The van der Waals surface area contributed by atoms with Gasteiger partial charge in [-0.1, -0.05) is 135 Å². The minimum absolute atomic E-state index is 0.193. The maximum absolute atomic E-state index is 6.37. The van der Waals surface area contributed by atoms with Crippen LogP contribution in [0.5, 0.6) is 0 Å². The molecule has 0 N–H and O–H groups in total. The molecule has 9 aromatic carbocycles. The third-order valence-corrected chi connectivity index (χ3v) is 12.2. The second-order valence-corrected chi connectivity index (χ2v) is 15.2. The normalized spacial score (nSPS) is 13.6. The van der Waals surface area contributed by atoms with Crippen LogP contribution in [0.1, 0.15) is 25.0 Å². The molecule has 2 heterocycles. The summed E-state index contributed by atoms with van der Waals surface area (Å²) in [6.45, 7) is 4.78. The Morgan fingerprint density at radius 2 is 1.04 bits per heavy atom. The van der Waals surface area contributed by atoms with E-state index in [-0.39, 0.29) is 5.41 Å². The number of benzene rings is 9. The molecule has 53 heavy (non-hydrogen) atoms. The lowest BCUT2D eigenvalue weighted by Crippen LogP contribution is -2.15. The first kappa shape index (κ1) is 29.0. The van der Waals surface area contributed by atoms with Gasteiger partial charge in [-0.3, -0.25) is 0 Å². The van der Waals surface area contributed by atoms with E-state index < -0.39 is 0 Å². The predicted molar refractivity (Wildman–Crippen MR) is 224 cm³/mol. The molecule has 0 atom stereocenters. The molecule has 2 nitrogen and oxygen atoms in total.